The fourth-order valence-corrected chi connectivity index (χ4v) is 3.96. The zero-order valence-electron chi connectivity index (χ0n) is 15.1. The third-order valence-corrected chi connectivity index (χ3v) is 6.18. The molecule has 0 aliphatic rings. The van der Waals surface area contributed by atoms with Gasteiger partial charge >= 0.3 is 0 Å². The molecule has 0 saturated carbocycles. The summed E-state index contributed by atoms with van der Waals surface area (Å²) in [5.41, 5.74) is 4.69. The van der Waals surface area contributed by atoms with E-state index < -0.39 is 10.0 Å². The molecular weight excluding hydrogens is 372 g/mol. The van der Waals surface area contributed by atoms with Crippen molar-refractivity contribution in [3.63, 3.8) is 0 Å². The molecule has 8 heteroatoms. The highest BCUT2D eigenvalue weighted by molar-refractivity contribution is 7.89. The molecule has 0 spiro atoms. The van der Waals surface area contributed by atoms with Crippen molar-refractivity contribution in [2.45, 2.75) is 32.1 Å². The maximum atomic E-state index is 12.5. The lowest BCUT2D eigenvalue weighted by Crippen LogP contribution is -2.30. The molecule has 0 aliphatic carbocycles. The van der Waals surface area contributed by atoms with E-state index in [1.165, 1.54) is 16.6 Å². The number of hydrogen-bond acceptors (Lipinski definition) is 5. The number of halogens is 1. The molecule has 26 heavy (non-hydrogen) atoms. The Hall–Kier alpha value is -1.96. The molecule has 0 radical (unpaired) electrons. The zero-order chi connectivity index (χ0) is 19.2. The Morgan fingerprint density at radius 3 is 2.27 bits per heavy atom. The highest BCUT2D eigenvalue weighted by Gasteiger charge is 2.21. The van der Waals surface area contributed by atoms with Crippen molar-refractivity contribution < 1.29 is 8.42 Å². The predicted octanol–water partition coefficient (Wildman–Crippen LogP) is 3.99. The van der Waals surface area contributed by atoms with E-state index in [0.717, 1.165) is 17.7 Å². The molecular formula is C18H23ClN4O2S. The Morgan fingerprint density at radius 2 is 1.77 bits per heavy atom. The normalized spacial score (nSPS) is 12.4. The second kappa shape index (κ2) is 9.12. The first kappa shape index (κ1) is 20.4. The van der Waals surface area contributed by atoms with Crippen molar-refractivity contribution >= 4 is 33.2 Å². The number of sulfonamides is 1. The summed E-state index contributed by atoms with van der Waals surface area (Å²) >= 11 is 5.91. The van der Waals surface area contributed by atoms with Gasteiger partial charge in [0.1, 0.15) is 10.7 Å². The molecule has 0 aliphatic heterocycles. The first-order chi connectivity index (χ1) is 12.4. The van der Waals surface area contributed by atoms with Crippen molar-refractivity contribution in [1.29, 1.82) is 0 Å². The average Bonchev–Trinajstić information content (AvgIpc) is 2.65. The lowest BCUT2D eigenvalue weighted by Gasteiger charge is -2.18. The first-order valence-electron chi connectivity index (χ1n) is 8.47. The van der Waals surface area contributed by atoms with Crippen LogP contribution in [0, 0.1) is 0 Å². The smallest absolute Gasteiger partial charge is 0.244 e. The summed E-state index contributed by atoms with van der Waals surface area (Å²) in [4.78, 5) is 4.34. The van der Waals surface area contributed by atoms with E-state index in [1.54, 1.807) is 6.07 Å². The largest absolute Gasteiger partial charge is 0.261 e. The highest BCUT2D eigenvalue weighted by atomic mass is 35.5. The Kier molecular flexibility index (Phi) is 7.14. The van der Waals surface area contributed by atoms with Crippen molar-refractivity contribution in [2.24, 2.45) is 5.10 Å². The molecule has 1 N–H and O–H groups in total. The quantitative estimate of drug-likeness (QED) is 0.542. The van der Waals surface area contributed by atoms with Crippen LogP contribution >= 0.6 is 11.6 Å². The molecule has 0 bridgehead atoms. The van der Waals surface area contributed by atoms with Crippen LogP contribution in [0.2, 0.25) is 5.02 Å². The van der Waals surface area contributed by atoms with Crippen molar-refractivity contribution in [1.82, 2.24) is 9.29 Å². The third-order valence-electron chi connectivity index (χ3n) is 3.90. The molecule has 2 aromatic rings. The van der Waals surface area contributed by atoms with Gasteiger partial charge in [0.05, 0.1) is 5.71 Å². The maximum Gasteiger partial charge on any atom is 0.244 e. The molecule has 0 fully saturated rings. The van der Waals surface area contributed by atoms with Crippen LogP contribution in [0.3, 0.4) is 0 Å². The minimum Gasteiger partial charge on any atom is -0.261 e. The Balaban J connectivity index is 2.17. The number of rotatable bonds is 8. The maximum absolute atomic E-state index is 12.5. The fourth-order valence-electron chi connectivity index (χ4n) is 2.43. The number of pyridine rings is 1. The fraction of sp³-hybridized carbons (Fsp3) is 0.333. The SMILES string of the molecule is CC/C(=N\Nc1ccc(S(=O)(=O)N(CC)CC)cn1)c1ccc(Cl)cc1. The van der Waals surface area contributed by atoms with Crippen LogP contribution in [0.4, 0.5) is 5.82 Å². The zero-order valence-corrected chi connectivity index (χ0v) is 16.7. The van der Waals surface area contributed by atoms with Crippen LogP contribution in [0.25, 0.3) is 0 Å². The Morgan fingerprint density at radius 1 is 1.12 bits per heavy atom. The number of benzene rings is 1. The molecule has 1 heterocycles. The molecule has 2 rings (SSSR count). The number of aromatic nitrogens is 1. The molecule has 0 amide bonds. The summed E-state index contributed by atoms with van der Waals surface area (Å²) in [7, 11) is -3.51. The molecule has 0 atom stereocenters. The van der Waals surface area contributed by atoms with E-state index >= 15 is 0 Å². The second-order valence-corrected chi connectivity index (χ2v) is 7.87. The van der Waals surface area contributed by atoms with E-state index in [-0.39, 0.29) is 4.90 Å². The number of hydrazone groups is 1. The van der Waals surface area contributed by atoms with Crippen molar-refractivity contribution in [3.8, 4) is 0 Å². The standard InChI is InChI=1S/C18H23ClN4O2S/c1-4-17(14-7-9-15(19)10-8-14)21-22-18-12-11-16(13-20-18)26(24,25)23(5-2)6-3/h7-13H,4-6H2,1-3H3,(H,20,22)/b21-17+. The topological polar surface area (TPSA) is 74.7 Å². The Bertz CT molecular complexity index is 846. The summed E-state index contributed by atoms with van der Waals surface area (Å²) in [6.45, 7) is 6.46. The third kappa shape index (κ3) is 4.81. The van der Waals surface area contributed by atoms with Crippen LogP contribution in [-0.4, -0.2) is 36.5 Å². The highest BCUT2D eigenvalue weighted by Crippen LogP contribution is 2.17. The Labute approximate surface area is 160 Å². The van der Waals surface area contributed by atoms with E-state index in [9.17, 15) is 8.42 Å². The average molecular weight is 395 g/mol. The van der Waals surface area contributed by atoms with Crippen molar-refractivity contribution in [2.75, 3.05) is 18.5 Å². The van der Waals surface area contributed by atoms with Crippen LogP contribution in [0.1, 0.15) is 32.8 Å². The molecule has 1 aromatic heterocycles. The first-order valence-corrected chi connectivity index (χ1v) is 10.3. The van der Waals surface area contributed by atoms with E-state index in [1.807, 2.05) is 45.0 Å². The molecule has 0 unspecified atom stereocenters. The van der Waals surface area contributed by atoms with Gasteiger partial charge < -0.3 is 0 Å². The van der Waals surface area contributed by atoms with Gasteiger partial charge in [0.2, 0.25) is 10.0 Å². The summed E-state index contributed by atoms with van der Waals surface area (Å²) in [5, 5.41) is 5.04. The van der Waals surface area contributed by atoms with Gasteiger partial charge in [-0.15, -0.1) is 0 Å². The van der Waals surface area contributed by atoms with E-state index in [2.05, 4.69) is 15.5 Å². The van der Waals surface area contributed by atoms with Gasteiger partial charge in [-0.2, -0.15) is 9.41 Å². The summed E-state index contributed by atoms with van der Waals surface area (Å²) in [5.74, 6) is 0.475. The van der Waals surface area contributed by atoms with E-state index in [4.69, 9.17) is 11.6 Å². The van der Waals surface area contributed by atoms with Gasteiger partial charge in [0.25, 0.3) is 0 Å². The van der Waals surface area contributed by atoms with Gasteiger partial charge in [-0.05, 0) is 36.2 Å². The summed E-state index contributed by atoms with van der Waals surface area (Å²) in [6, 6.07) is 10.6. The number of nitrogens with zero attached hydrogens (tertiary/aromatic N) is 3. The number of nitrogens with one attached hydrogen (secondary N) is 1. The molecule has 0 saturated heterocycles. The minimum absolute atomic E-state index is 0.171. The molecule has 140 valence electrons. The molecule has 1 aromatic carbocycles. The van der Waals surface area contributed by atoms with Crippen LogP contribution in [0.15, 0.2) is 52.6 Å². The van der Waals surface area contributed by atoms with Gasteiger partial charge in [0, 0.05) is 24.3 Å². The van der Waals surface area contributed by atoms with Gasteiger partial charge in [0.15, 0.2) is 0 Å². The molecule has 6 nitrogen and oxygen atoms in total. The lowest BCUT2D eigenvalue weighted by molar-refractivity contribution is 0.445. The van der Waals surface area contributed by atoms with Crippen LogP contribution in [-0.2, 0) is 10.0 Å². The van der Waals surface area contributed by atoms with Crippen LogP contribution < -0.4 is 5.43 Å². The monoisotopic (exact) mass is 394 g/mol. The van der Waals surface area contributed by atoms with Crippen molar-refractivity contribution in [3.05, 3.63) is 53.2 Å². The van der Waals surface area contributed by atoms with Gasteiger partial charge in [-0.3, -0.25) is 5.43 Å². The second-order valence-electron chi connectivity index (χ2n) is 5.50. The van der Waals surface area contributed by atoms with E-state index in [0.29, 0.717) is 23.9 Å². The minimum atomic E-state index is -3.51. The number of hydrogen-bond donors (Lipinski definition) is 1. The summed E-state index contributed by atoms with van der Waals surface area (Å²) in [6.07, 6.45) is 2.07. The lowest BCUT2D eigenvalue weighted by atomic mass is 10.1. The summed E-state index contributed by atoms with van der Waals surface area (Å²) < 4.78 is 26.3. The number of anilines is 1. The van der Waals surface area contributed by atoms with Gasteiger partial charge in [-0.25, -0.2) is 13.4 Å². The van der Waals surface area contributed by atoms with Crippen LogP contribution in [0.5, 0.6) is 0 Å². The van der Waals surface area contributed by atoms with Gasteiger partial charge in [-0.1, -0.05) is 44.5 Å². The predicted molar refractivity (Wildman–Crippen MR) is 106 cm³/mol.